The number of furan rings is 2. The van der Waals surface area contributed by atoms with E-state index in [1.807, 2.05) is 30.3 Å². The van der Waals surface area contributed by atoms with E-state index in [0.717, 1.165) is 11.1 Å². The van der Waals surface area contributed by atoms with E-state index in [2.05, 4.69) is 21.2 Å². The maximum atomic E-state index is 12.8. The van der Waals surface area contributed by atoms with Gasteiger partial charge in [-0.15, -0.1) is 0 Å². The molecule has 1 aromatic carbocycles. The van der Waals surface area contributed by atoms with E-state index >= 15 is 0 Å². The Labute approximate surface area is 165 Å². The molecule has 0 aliphatic heterocycles. The van der Waals surface area contributed by atoms with Crippen molar-refractivity contribution in [1.29, 1.82) is 0 Å². The SMILES string of the molecule is O=C(NNC(=S)NCc1ccco1)c1cc(-c2ccco2)nc2ccccc12. The van der Waals surface area contributed by atoms with E-state index in [9.17, 15) is 4.79 Å². The van der Waals surface area contributed by atoms with Crippen LogP contribution in [-0.2, 0) is 6.54 Å². The number of carbonyl (C=O) groups excluding carboxylic acids is 1. The highest BCUT2D eigenvalue weighted by Crippen LogP contribution is 2.25. The molecule has 0 bridgehead atoms. The minimum Gasteiger partial charge on any atom is -0.467 e. The van der Waals surface area contributed by atoms with Crippen LogP contribution in [0, 0.1) is 0 Å². The van der Waals surface area contributed by atoms with E-state index in [4.69, 9.17) is 21.1 Å². The smallest absolute Gasteiger partial charge is 0.270 e. The molecule has 8 heteroatoms. The molecule has 4 rings (SSSR count). The number of hydrazine groups is 1. The Bertz CT molecular complexity index is 1110. The number of rotatable bonds is 4. The highest BCUT2D eigenvalue weighted by atomic mass is 32.1. The van der Waals surface area contributed by atoms with Gasteiger partial charge in [-0.05, 0) is 48.6 Å². The number of pyridine rings is 1. The van der Waals surface area contributed by atoms with Gasteiger partial charge in [0.25, 0.3) is 5.91 Å². The van der Waals surface area contributed by atoms with Gasteiger partial charge < -0.3 is 14.2 Å². The number of hydrogen-bond acceptors (Lipinski definition) is 5. The Kier molecular flexibility index (Phi) is 5.03. The van der Waals surface area contributed by atoms with Crippen LogP contribution in [0.15, 0.2) is 76.0 Å². The molecule has 0 unspecified atom stereocenters. The summed E-state index contributed by atoms with van der Waals surface area (Å²) in [6.07, 6.45) is 3.15. The second-order valence-electron chi connectivity index (χ2n) is 5.89. The molecule has 0 fully saturated rings. The number of aromatic nitrogens is 1. The number of thiocarbonyl (C=S) groups is 1. The summed E-state index contributed by atoms with van der Waals surface area (Å²) in [7, 11) is 0. The number of hydrogen-bond donors (Lipinski definition) is 3. The molecular formula is C20H16N4O3S. The van der Waals surface area contributed by atoms with Crippen LogP contribution in [0.5, 0.6) is 0 Å². The van der Waals surface area contributed by atoms with Crippen LogP contribution < -0.4 is 16.2 Å². The third kappa shape index (κ3) is 3.86. The zero-order valence-electron chi connectivity index (χ0n) is 14.6. The molecule has 0 radical (unpaired) electrons. The largest absolute Gasteiger partial charge is 0.467 e. The fourth-order valence-corrected chi connectivity index (χ4v) is 2.84. The lowest BCUT2D eigenvalue weighted by Crippen LogP contribution is -2.46. The molecule has 0 saturated carbocycles. The second kappa shape index (κ2) is 7.93. The lowest BCUT2D eigenvalue weighted by atomic mass is 10.1. The predicted octanol–water partition coefficient (Wildman–Crippen LogP) is 3.40. The maximum absolute atomic E-state index is 12.8. The van der Waals surface area contributed by atoms with Gasteiger partial charge >= 0.3 is 0 Å². The van der Waals surface area contributed by atoms with Crippen LogP contribution >= 0.6 is 12.2 Å². The summed E-state index contributed by atoms with van der Waals surface area (Å²) in [6.45, 7) is 0.412. The van der Waals surface area contributed by atoms with Crippen molar-refractivity contribution < 1.29 is 13.6 Å². The molecule has 3 heterocycles. The molecule has 0 spiro atoms. The third-order valence-electron chi connectivity index (χ3n) is 4.03. The van der Waals surface area contributed by atoms with Gasteiger partial charge in [-0.3, -0.25) is 15.6 Å². The normalized spacial score (nSPS) is 10.6. The molecule has 3 N–H and O–H groups in total. The first-order valence-corrected chi connectivity index (χ1v) is 8.92. The van der Waals surface area contributed by atoms with Gasteiger partial charge in [-0.25, -0.2) is 4.98 Å². The lowest BCUT2D eigenvalue weighted by molar-refractivity contribution is 0.0945. The van der Waals surface area contributed by atoms with Gasteiger partial charge in [0.05, 0.1) is 30.2 Å². The molecule has 1 amide bonds. The number of fused-ring (bicyclic) bond motifs is 1. The van der Waals surface area contributed by atoms with Gasteiger partial charge in [0.1, 0.15) is 11.5 Å². The molecule has 28 heavy (non-hydrogen) atoms. The van der Waals surface area contributed by atoms with Gasteiger partial charge in [-0.1, -0.05) is 18.2 Å². The van der Waals surface area contributed by atoms with Crippen molar-refractivity contribution in [3.8, 4) is 11.5 Å². The van der Waals surface area contributed by atoms with Gasteiger partial charge in [0.2, 0.25) is 0 Å². The molecule has 4 aromatic rings. The number of nitrogens with zero attached hydrogens (tertiary/aromatic N) is 1. The zero-order chi connectivity index (χ0) is 19.3. The Morgan fingerprint density at radius 3 is 2.61 bits per heavy atom. The highest BCUT2D eigenvalue weighted by Gasteiger charge is 2.15. The summed E-state index contributed by atoms with van der Waals surface area (Å²) in [6, 6.07) is 16.3. The Morgan fingerprint density at radius 2 is 1.82 bits per heavy atom. The van der Waals surface area contributed by atoms with Crippen LogP contribution in [0.4, 0.5) is 0 Å². The van der Waals surface area contributed by atoms with Crippen LogP contribution in [0.3, 0.4) is 0 Å². The lowest BCUT2D eigenvalue weighted by Gasteiger charge is -2.12. The number of carbonyl (C=O) groups is 1. The number of para-hydroxylation sites is 1. The fraction of sp³-hybridized carbons (Fsp3) is 0.0500. The van der Waals surface area contributed by atoms with Crippen molar-refractivity contribution in [3.63, 3.8) is 0 Å². The molecule has 3 aromatic heterocycles. The van der Waals surface area contributed by atoms with Crippen LogP contribution in [0.2, 0.25) is 0 Å². The highest BCUT2D eigenvalue weighted by molar-refractivity contribution is 7.80. The molecule has 0 atom stereocenters. The Balaban J connectivity index is 1.51. The quantitative estimate of drug-likeness (QED) is 0.362. The first kappa shape index (κ1) is 17.7. The van der Waals surface area contributed by atoms with Crippen molar-refractivity contribution in [1.82, 2.24) is 21.2 Å². The standard InChI is InChI=1S/C20H16N4O3S/c25-19(23-24-20(28)21-12-13-5-3-9-26-13)15-11-17(18-8-4-10-27-18)22-16-7-2-1-6-14(15)16/h1-11H,12H2,(H,23,25)(H2,21,24,28). The summed E-state index contributed by atoms with van der Waals surface area (Å²) in [4.78, 5) is 17.4. The average molecular weight is 392 g/mol. The van der Waals surface area contributed by atoms with Crippen molar-refractivity contribution in [2.45, 2.75) is 6.54 Å². The molecule has 0 aliphatic carbocycles. The number of amides is 1. The molecule has 7 nitrogen and oxygen atoms in total. The Morgan fingerprint density at radius 1 is 1.00 bits per heavy atom. The summed E-state index contributed by atoms with van der Waals surface area (Å²) in [5.41, 5.74) is 7.04. The van der Waals surface area contributed by atoms with Crippen LogP contribution in [0.25, 0.3) is 22.4 Å². The third-order valence-corrected chi connectivity index (χ3v) is 4.27. The second-order valence-corrected chi connectivity index (χ2v) is 6.30. The monoisotopic (exact) mass is 392 g/mol. The van der Waals surface area contributed by atoms with Crippen molar-refractivity contribution in [2.24, 2.45) is 0 Å². The summed E-state index contributed by atoms with van der Waals surface area (Å²) >= 11 is 5.18. The van der Waals surface area contributed by atoms with Gasteiger partial charge in [0.15, 0.2) is 10.9 Å². The van der Waals surface area contributed by atoms with Crippen molar-refractivity contribution in [3.05, 3.63) is 78.4 Å². The fourth-order valence-electron chi connectivity index (χ4n) is 2.72. The van der Waals surface area contributed by atoms with Crippen molar-refractivity contribution >= 4 is 34.1 Å². The first-order chi connectivity index (χ1) is 13.7. The van der Waals surface area contributed by atoms with E-state index in [1.165, 1.54) is 0 Å². The topological polar surface area (TPSA) is 92.3 Å². The zero-order valence-corrected chi connectivity index (χ0v) is 15.5. The van der Waals surface area contributed by atoms with Gasteiger partial charge in [0, 0.05) is 5.39 Å². The predicted molar refractivity (Wildman–Crippen MR) is 108 cm³/mol. The molecule has 0 saturated heterocycles. The van der Waals surface area contributed by atoms with E-state index in [-0.39, 0.29) is 11.0 Å². The van der Waals surface area contributed by atoms with Crippen molar-refractivity contribution in [2.75, 3.05) is 0 Å². The number of benzene rings is 1. The summed E-state index contributed by atoms with van der Waals surface area (Å²) in [5.74, 6) is 0.982. The number of nitrogens with one attached hydrogen (secondary N) is 3. The molecular weight excluding hydrogens is 376 g/mol. The van der Waals surface area contributed by atoms with Gasteiger partial charge in [-0.2, -0.15) is 0 Å². The minimum absolute atomic E-state index is 0.273. The van der Waals surface area contributed by atoms with Crippen LogP contribution in [0.1, 0.15) is 16.1 Å². The minimum atomic E-state index is -0.339. The summed E-state index contributed by atoms with van der Waals surface area (Å²) < 4.78 is 10.6. The molecule has 140 valence electrons. The van der Waals surface area contributed by atoms with E-state index < -0.39 is 0 Å². The molecule has 0 aliphatic rings. The Hall–Kier alpha value is -3.65. The average Bonchev–Trinajstić information content (AvgIpc) is 3.43. The summed E-state index contributed by atoms with van der Waals surface area (Å²) in [5, 5.41) is 3.95. The van der Waals surface area contributed by atoms with E-state index in [0.29, 0.717) is 29.1 Å². The van der Waals surface area contributed by atoms with E-state index in [1.54, 1.807) is 36.8 Å². The maximum Gasteiger partial charge on any atom is 0.270 e. The van der Waals surface area contributed by atoms with Crippen LogP contribution in [-0.4, -0.2) is 16.0 Å². The first-order valence-electron chi connectivity index (χ1n) is 8.51.